The van der Waals surface area contributed by atoms with Gasteiger partial charge in [-0.2, -0.15) is 0 Å². The van der Waals surface area contributed by atoms with Crippen molar-refractivity contribution in [2.45, 2.75) is 41.6 Å². The number of ether oxygens (including phenoxy) is 1. The summed E-state index contributed by atoms with van der Waals surface area (Å²) in [7, 11) is -1.01. The fraction of sp³-hybridized carbons (Fsp3) is 0.250. The molecular weight excluding hydrogens is 621 g/mol. The average Bonchev–Trinajstić information content (AvgIpc) is 3.11. The Hall–Kier alpha value is -3.42. The van der Waals surface area contributed by atoms with Gasteiger partial charge in [0.2, 0.25) is 0 Å². The quantitative estimate of drug-likeness (QED) is 0.160. The molecule has 1 aliphatic rings. The van der Waals surface area contributed by atoms with Crippen LogP contribution in [-0.4, -0.2) is 32.9 Å². The Labute approximate surface area is 283 Å². The fourth-order valence-corrected chi connectivity index (χ4v) is 14.4. The summed E-state index contributed by atoms with van der Waals surface area (Å²) in [6.07, 6.45) is 1.04. The highest BCUT2D eigenvalue weighted by atomic mass is 32.2. The lowest BCUT2D eigenvalue weighted by molar-refractivity contribution is 0.284. The first kappa shape index (κ1) is 32.5. The zero-order valence-electron chi connectivity index (χ0n) is 27.0. The maximum atomic E-state index is 10.9. The first-order chi connectivity index (χ1) is 22.3. The molecule has 0 saturated carbocycles. The second-order valence-electron chi connectivity index (χ2n) is 12.8. The van der Waals surface area contributed by atoms with Crippen molar-refractivity contribution in [2.24, 2.45) is 0 Å². The van der Waals surface area contributed by atoms with Gasteiger partial charge >= 0.3 is 8.32 Å². The molecule has 5 aromatic carbocycles. The van der Waals surface area contributed by atoms with Crippen LogP contribution in [0.2, 0.25) is 5.04 Å². The van der Waals surface area contributed by atoms with Gasteiger partial charge in [0.15, 0.2) is 0 Å². The van der Waals surface area contributed by atoms with Crippen LogP contribution < -0.4 is 19.5 Å². The van der Waals surface area contributed by atoms with Crippen LogP contribution in [-0.2, 0) is 4.08 Å². The molecule has 2 unspecified atom stereocenters. The zero-order valence-corrected chi connectivity index (χ0v) is 29.6. The molecule has 0 bridgehead atoms. The summed E-state index contributed by atoms with van der Waals surface area (Å²) in [5, 5.41) is 13.6. The summed E-state index contributed by atoms with van der Waals surface area (Å²) < 4.78 is 12.3. The highest BCUT2D eigenvalue weighted by Gasteiger charge is 2.52. The Bertz CT molecular complexity index is 1700. The monoisotopic (exact) mass is 662 g/mol. The molecule has 0 aliphatic carbocycles. The number of aliphatic hydroxyl groups is 1. The third-order valence-corrected chi connectivity index (χ3v) is 17.3. The standard InChI is InChI=1S/C40H42O3S2Si/c1-39(2,3)46(36-17-7-5-8-18-36,37-19-9-6-10-20-37)43-34-23-21-30(22-24-34)38-25-26-44-40(29-41,45-38)33-15-11-13-31(27-33)32-14-12-16-35(28-32)42-4/h5-24,27-28,38,41H,25-26,29H2,1-4H3. The largest absolute Gasteiger partial charge is 0.534 e. The average molecular weight is 663 g/mol. The summed E-state index contributed by atoms with van der Waals surface area (Å²) in [6.45, 7) is 6.99. The van der Waals surface area contributed by atoms with Gasteiger partial charge in [0.1, 0.15) is 15.6 Å². The number of hydrogen-bond acceptors (Lipinski definition) is 5. The van der Waals surface area contributed by atoms with Gasteiger partial charge in [0.25, 0.3) is 0 Å². The molecule has 1 fully saturated rings. The smallest absolute Gasteiger partial charge is 0.319 e. The lowest BCUT2D eigenvalue weighted by Gasteiger charge is -2.43. The molecule has 0 aromatic heterocycles. The minimum atomic E-state index is -2.71. The molecule has 236 valence electrons. The van der Waals surface area contributed by atoms with Gasteiger partial charge in [-0.1, -0.05) is 124 Å². The summed E-state index contributed by atoms with van der Waals surface area (Å²) in [5.74, 6) is 2.71. The van der Waals surface area contributed by atoms with E-state index >= 15 is 0 Å². The van der Waals surface area contributed by atoms with Crippen molar-refractivity contribution in [3.63, 3.8) is 0 Å². The number of benzene rings is 5. The Kier molecular flexibility index (Phi) is 9.71. The van der Waals surface area contributed by atoms with Crippen LogP contribution in [0.4, 0.5) is 0 Å². The summed E-state index contributed by atoms with van der Waals surface area (Å²) in [5.41, 5.74) is 4.63. The number of thioether (sulfide) groups is 2. The molecule has 0 spiro atoms. The molecule has 1 heterocycles. The number of aliphatic hydroxyl groups excluding tert-OH is 1. The lowest BCUT2D eigenvalue weighted by Crippen LogP contribution is -2.68. The number of methoxy groups -OCH3 is 1. The summed E-state index contributed by atoms with van der Waals surface area (Å²) >= 11 is 3.72. The molecule has 1 saturated heterocycles. The van der Waals surface area contributed by atoms with Crippen molar-refractivity contribution in [3.05, 3.63) is 145 Å². The maximum Gasteiger partial charge on any atom is 0.319 e. The van der Waals surface area contributed by atoms with Crippen LogP contribution in [0.25, 0.3) is 11.1 Å². The minimum absolute atomic E-state index is 0.0649. The van der Waals surface area contributed by atoms with Crippen molar-refractivity contribution in [2.75, 3.05) is 19.5 Å². The van der Waals surface area contributed by atoms with E-state index in [2.05, 4.69) is 142 Å². The second-order valence-corrected chi connectivity index (χ2v) is 20.2. The van der Waals surface area contributed by atoms with E-state index in [4.69, 9.17) is 9.16 Å². The second kappa shape index (κ2) is 13.7. The van der Waals surface area contributed by atoms with Gasteiger partial charge in [-0.3, -0.25) is 0 Å². The predicted molar refractivity (Wildman–Crippen MR) is 199 cm³/mol. The number of rotatable bonds is 9. The first-order valence-electron chi connectivity index (χ1n) is 15.9. The molecule has 3 nitrogen and oxygen atoms in total. The SMILES string of the molecule is COc1cccc(-c2cccc(C3(CO)SCCC(c4ccc(O[Si](c5ccccc5)(c5ccccc5)C(C)(C)C)cc4)S3)c2)c1. The first-order valence-corrected chi connectivity index (χ1v) is 19.6. The van der Waals surface area contributed by atoms with Gasteiger partial charge in [0.05, 0.1) is 13.7 Å². The van der Waals surface area contributed by atoms with Gasteiger partial charge in [-0.15, -0.1) is 23.5 Å². The van der Waals surface area contributed by atoms with Crippen molar-refractivity contribution in [1.82, 2.24) is 0 Å². The van der Waals surface area contributed by atoms with Crippen molar-refractivity contribution in [1.29, 1.82) is 0 Å². The molecule has 0 radical (unpaired) electrons. The molecular formula is C40H42O3S2Si. The van der Waals surface area contributed by atoms with Crippen molar-refractivity contribution in [3.8, 4) is 22.6 Å². The van der Waals surface area contributed by atoms with E-state index in [0.717, 1.165) is 40.4 Å². The third kappa shape index (κ3) is 6.41. The van der Waals surface area contributed by atoms with Crippen LogP contribution in [0, 0.1) is 0 Å². The molecule has 1 N–H and O–H groups in total. The topological polar surface area (TPSA) is 38.7 Å². The Morgan fingerprint density at radius 2 is 1.35 bits per heavy atom. The summed E-state index contributed by atoms with van der Waals surface area (Å²) in [4.78, 5) is 0. The van der Waals surface area contributed by atoms with Crippen LogP contribution in [0.5, 0.6) is 11.5 Å². The Balaban J connectivity index is 1.29. The lowest BCUT2D eigenvalue weighted by atomic mass is 10.0. The van der Waals surface area contributed by atoms with Crippen LogP contribution in [0.3, 0.4) is 0 Å². The normalized spacial score (nSPS) is 18.6. The van der Waals surface area contributed by atoms with Crippen molar-refractivity contribution >= 4 is 42.2 Å². The van der Waals surface area contributed by atoms with Crippen LogP contribution >= 0.6 is 23.5 Å². The highest BCUT2D eigenvalue weighted by molar-refractivity contribution is 8.18. The van der Waals surface area contributed by atoms with Crippen LogP contribution in [0.1, 0.15) is 43.6 Å². The zero-order chi connectivity index (χ0) is 32.2. The van der Waals surface area contributed by atoms with Gasteiger partial charge in [-0.05, 0) is 80.2 Å². The van der Waals surface area contributed by atoms with E-state index in [1.807, 2.05) is 35.7 Å². The highest BCUT2D eigenvalue weighted by Crippen LogP contribution is 2.58. The van der Waals surface area contributed by atoms with Crippen molar-refractivity contribution < 1.29 is 14.3 Å². The minimum Gasteiger partial charge on any atom is -0.534 e. The van der Waals surface area contributed by atoms with Crippen LogP contribution in [0.15, 0.2) is 133 Å². The molecule has 5 aromatic rings. The molecule has 0 amide bonds. The molecule has 6 rings (SSSR count). The molecule has 6 heteroatoms. The van der Waals surface area contributed by atoms with E-state index in [-0.39, 0.29) is 16.9 Å². The molecule has 1 aliphatic heterocycles. The van der Waals surface area contributed by atoms with Gasteiger partial charge < -0.3 is 14.3 Å². The van der Waals surface area contributed by atoms with E-state index in [0.29, 0.717) is 0 Å². The maximum absolute atomic E-state index is 10.9. The van der Waals surface area contributed by atoms with E-state index in [9.17, 15) is 5.11 Å². The van der Waals surface area contributed by atoms with E-state index < -0.39 is 12.4 Å². The van der Waals surface area contributed by atoms with E-state index in [1.165, 1.54) is 15.9 Å². The fourth-order valence-electron chi connectivity index (χ4n) is 6.53. The predicted octanol–water partition coefficient (Wildman–Crippen LogP) is 9.06. The molecule has 2 atom stereocenters. The van der Waals surface area contributed by atoms with Gasteiger partial charge in [-0.25, -0.2) is 0 Å². The third-order valence-electron chi connectivity index (χ3n) is 8.90. The Morgan fingerprint density at radius 1 is 0.739 bits per heavy atom. The number of hydrogen-bond donors (Lipinski definition) is 1. The Morgan fingerprint density at radius 3 is 1.93 bits per heavy atom. The van der Waals surface area contributed by atoms with E-state index in [1.54, 1.807) is 7.11 Å². The van der Waals surface area contributed by atoms with Gasteiger partial charge in [0, 0.05) is 5.25 Å². The molecule has 46 heavy (non-hydrogen) atoms. The summed E-state index contributed by atoms with van der Waals surface area (Å²) in [6, 6.07) is 47.1.